The van der Waals surface area contributed by atoms with Gasteiger partial charge in [-0.1, -0.05) is 0 Å². The first-order valence-corrected chi connectivity index (χ1v) is 8.47. The third-order valence-electron chi connectivity index (χ3n) is 4.37. The van der Waals surface area contributed by atoms with E-state index in [2.05, 4.69) is 34.4 Å². The number of guanidine groups is 1. The van der Waals surface area contributed by atoms with E-state index in [9.17, 15) is 0 Å². The van der Waals surface area contributed by atoms with Crippen molar-refractivity contribution in [1.82, 2.24) is 15.5 Å². The molecule has 0 radical (unpaired) electrons. The summed E-state index contributed by atoms with van der Waals surface area (Å²) in [6.07, 6.45) is 2.68. The van der Waals surface area contributed by atoms with Crippen LogP contribution < -0.4 is 10.6 Å². The van der Waals surface area contributed by atoms with Crippen LogP contribution >= 0.6 is 24.0 Å². The van der Waals surface area contributed by atoms with Crippen molar-refractivity contribution in [3.63, 3.8) is 0 Å². The second-order valence-corrected chi connectivity index (χ2v) is 6.78. The van der Waals surface area contributed by atoms with E-state index in [-0.39, 0.29) is 29.5 Å². The molecule has 0 amide bonds. The molecule has 0 aromatic rings. The number of nitrogens with zero attached hydrogens (tertiary/aromatic N) is 2. The van der Waals surface area contributed by atoms with Gasteiger partial charge >= 0.3 is 0 Å². The largest absolute Gasteiger partial charge is 0.379 e. The maximum Gasteiger partial charge on any atom is 0.191 e. The van der Waals surface area contributed by atoms with Gasteiger partial charge in [0.25, 0.3) is 0 Å². The highest BCUT2D eigenvalue weighted by Gasteiger charge is 2.28. The minimum absolute atomic E-state index is 0. The number of rotatable bonds is 8. The fourth-order valence-corrected chi connectivity index (χ4v) is 2.58. The summed E-state index contributed by atoms with van der Waals surface area (Å²) in [5.74, 6) is 1.67. The number of aliphatic imine (C=N–C) groups is 1. The summed E-state index contributed by atoms with van der Waals surface area (Å²) in [6, 6.07) is 0. The lowest BCUT2D eigenvalue weighted by Gasteiger charge is -2.41. The zero-order chi connectivity index (χ0) is 15.8. The van der Waals surface area contributed by atoms with Gasteiger partial charge in [-0.2, -0.15) is 0 Å². The van der Waals surface area contributed by atoms with Gasteiger partial charge < -0.3 is 20.1 Å². The Hall–Kier alpha value is -0.120. The molecule has 0 spiro atoms. The average molecular weight is 440 g/mol. The topological polar surface area (TPSA) is 58.1 Å². The van der Waals surface area contributed by atoms with Crippen LogP contribution in [0, 0.1) is 5.92 Å². The first-order valence-electron chi connectivity index (χ1n) is 8.47. The summed E-state index contributed by atoms with van der Waals surface area (Å²) in [7, 11) is 1.81. The Kier molecular flexibility index (Phi) is 9.72. The van der Waals surface area contributed by atoms with E-state index in [0.29, 0.717) is 0 Å². The molecule has 1 saturated heterocycles. The fourth-order valence-electron chi connectivity index (χ4n) is 2.58. The highest BCUT2D eigenvalue weighted by molar-refractivity contribution is 14.0. The van der Waals surface area contributed by atoms with Crippen molar-refractivity contribution in [1.29, 1.82) is 0 Å². The monoisotopic (exact) mass is 440 g/mol. The molecule has 0 bridgehead atoms. The van der Waals surface area contributed by atoms with E-state index in [1.54, 1.807) is 0 Å². The van der Waals surface area contributed by atoms with Gasteiger partial charge in [-0.25, -0.2) is 0 Å². The SMILES string of the molecule is CN=C(NCCOCC1CC1)NCC(C)(C)N1CCOCC1.I. The third-order valence-corrected chi connectivity index (χ3v) is 4.37. The average Bonchev–Trinajstić information content (AvgIpc) is 3.35. The zero-order valence-corrected chi connectivity index (χ0v) is 17.1. The molecule has 1 aliphatic heterocycles. The van der Waals surface area contributed by atoms with E-state index in [4.69, 9.17) is 9.47 Å². The lowest BCUT2D eigenvalue weighted by molar-refractivity contribution is -0.00834. The number of morpholine rings is 1. The van der Waals surface area contributed by atoms with Crippen LogP contribution in [0.3, 0.4) is 0 Å². The minimum Gasteiger partial charge on any atom is -0.379 e. The molecule has 0 atom stereocenters. The Bertz CT molecular complexity index is 356. The Morgan fingerprint density at radius 2 is 1.96 bits per heavy atom. The van der Waals surface area contributed by atoms with Crippen LogP contribution in [0.4, 0.5) is 0 Å². The number of nitrogens with one attached hydrogen (secondary N) is 2. The minimum atomic E-state index is 0. The molecule has 6 nitrogen and oxygen atoms in total. The van der Waals surface area contributed by atoms with Crippen LogP contribution in [0.25, 0.3) is 0 Å². The molecule has 136 valence electrons. The summed E-state index contributed by atoms with van der Waals surface area (Å²) in [4.78, 5) is 6.74. The first-order chi connectivity index (χ1) is 10.6. The second-order valence-electron chi connectivity index (χ2n) is 6.78. The summed E-state index contributed by atoms with van der Waals surface area (Å²) in [5, 5.41) is 6.73. The molecule has 7 heteroatoms. The Morgan fingerprint density at radius 1 is 1.26 bits per heavy atom. The van der Waals surface area contributed by atoms with Gasteiger partial charge in [-0.15, -0.1) is 24.0 Å². The van der Waals surface area contributed by atoms with Gasteiger partial charge in [-0.05, 0) is 32.6 Å². The van der Waals surface area contributed by atoms with Gasteiger partial charge in [0.1, 0.15) is 0 Å². The molecule has 2 fully saturated rings. The predicted molar refractivity (Wildman–Crippen MR) is 105 cm³/mol. The number of ether oxygens (including phenoxy) is 2. The number of halogens is 1. The summed E-state index contributed by atoms with van der Waals surface area (Å²) < 4.78 is 11.1. The van der Waals surface area contributed by atoms with Crippen LogP contribution in [-0.2, 0) is 9.47 Å². The molecule has 2 N–H and O–H groups in total. The molecular formula is C16H33IN4O2. The molecule has 1 aliphatic carbocycles. The van der Waals surface area contributed by atoms with Gasteiger partial charge in [0.05, 0.1) is 19.8 Å². The van der Waals surface area contributed by atoms with Gasteiger partial charge in [-0.3, -0.25) is 9.89 Å². The highest BCUT2D eigenvalue weighted by Crippen LogP contribution is 2.28. The molecule has 1 saturated carbocycles. The van der Waals surface area contributed by atoms with Gasteiger partial charge in [0, 0.05) is 45.4 Å². The normalized spacial score (nSPS) is 20.0. The van der Waals surface area contributed by atoms with Crippen LogP contribution in [0.15, 0.2) is 4.99 Å². The van der Waals surface area contributed by atoms with Crippen molar-refractivity contribution >= 4 is 29.9 Å². The van der Waals surface area contributed by atoms with Crippen molar-refractivity contribution < 1.29 is 9.47 Å². The maximum atomic E-state index is 5.63. The third kappa shape index (κ3) is 8.00. The van der Waals surface area contributed by atoms with E-state index < -0.39 is 0 Å². The van der Waals surface area contributed by atoms with Crippen LogP contribution in [0.2, 0.25) is 0 Å². The van der Waals surface area contributed by atoms with Crippen molar-refractivity contribution in [2.24, 2.45) is 10.9 Å². The molecule has 0 aromatic heterocycles. The van der Waals surface area contributed by atoms with E-state index in [0.717, 1.165) is 64.5 Å². The van der Waals surface area contributed by atoms with E-state index in [1.807, 2.05) is 7.05 Å². The van der Waals surface area contributed by atoms with E-state index in [1.165, 1.54) is 12.8 Å². The maximum absolute atomic E-state index is 5.63. The quantitative estimate of drug-likeness (QED) is 0.258. The summed E-state index contributed by atoms with van der Waals surface area (Å²) >= 11 is 0. The summed E-state index contributed by atoms with van der Waals surface area (Å²) in [6.45, 7) is 11.5. The predicted octanol–water partition coefficient (Wildman–Crippen LogP) is 1.31. The Labute approximate surface area is 157 Å². The number of hydrogen-bond acceptors (Lipinski definition) is 4. The Balaban J connectivity index is 0.00000264. The lowest BCUT2D eigenvalue weighted by Crippen LogP contribution is -2.56. The van der Waals surface area contributed by atoms with Crippen molar-refractivity contribution in [2.45, 2.75) is 32.2 Å². The first kappa shape index (κ1) is 20.9. The van der Waals surface area contributed by atoms with Crippen molar-refractivity contribution in [3.05, 3.63) is 0 Å². The molecule has 2 rings (SSSR count). The number of hydrogen-bond donors (Lipinski definition) is 2. The van der Waals surface area contributed by atoms with Crippen LogP contribution in [0.1, 0.15) is 26.7 Å². The lowest BCUT2D eigenvalue weighted by atomic mass is 10.0. The molecular weight excluding hydrogens is 407 g/mol. The van der Waals surface area contributed by atoms with Gasteiger partial charge in [0.2, 0.25) is 0 Å². The van der Waals surface area contributed by atoms with Crippen LogP contribution in [0.5, 0.6) is 0 Å². The summed E-state index contributed by atoms with van der Waals surface area (Å²) in [5.41, 5.74) is 0.0872. The van der Waals surface area contributed by atoms with Crippen LogP contribution in [-0.4, -0.2) is 76.1 Å². The molecule has 23 heavy (non-hydrogen) atoms. The highest BCUT2D eigenvalue weighted by atomic mass is 127. The Morgan fingerprint density at radius 3 is 2.57 bits per heavy atom. The molecule has 1 heterocycles. The van der Waals surface area contributed by atoms with Crippen molar-refractivity contribution in [2.75, 3.05) is 59.7 Å². The zero-order valence-electron chi connectivity index (χ0n) is 14.8. The molecule has 0 aromatic carbocycles. The molecule has 0 unspecified atom stereocenters. The van der Waals surface area contributed by atoms with Crippen molar-refractivity contribution in [3.8, 4) is 0 Å². The smallest absolute Gasteiger partial charge is 0.191 e. The standard InChI is InChI=1S/C16H32N4O2.HI/c1-16(2,20-7-10-21-11-8-20)13-19-15(17-3)18-6-9-22-12-14-4-5-14;/h14H,4-13H2,1-3H3,(H2,17,18,19);1H. The van der Waals surface area contributed by atoms with E-state index >= 15 is 0 Å². The second kappa shape index (κ2) is 10.7. The van der Waals surface area contributed by atoms with Gasteiger partial charge in [0.15, 0.2) is 5.96 Å². The fraction of sp³-hybridized carbons (Fsp3) is 0.938. The molecule has 2 aliphatic rings.